The number of methoxy groups -OCH3 is 1. The minimum absolute atomic E-state index is 0.0101. The lowest BCUT2D eigenvalue weighted by Crippen LogP contribution is -2.20. The number of fused-ring (bicyclic) bond motifs is 1. The number of hydrogen-bond acceptors (Lipinski definition) is 5. The number of aromatic nitrogens is 2. The molecule has 152 valence electrons. The maximum atomic E-state index is 14.1. The van der Waals surface area contributed by atoms with Crippen LogP contribution >= 0.6 is 0 Å². The standard InChI is InChI=1S/C24H16FN3O3/c1-31-22-10-9-15(11-20(22)25)23(29)19-14-28(13-17-6-4-5-16(12-26)27-17)21-8-3-2-7-18(21)24(19)30/h2-11,14H,13H2,1H3. The number of hydrogen-bond donors (Lipinski definition) is 0. The third kappa shape index (κ3) is 3.79. The fourth-order valence-electron chi connectivity index (χ4n) is 3.41. The van der Waals surface area contributed by atoms with Crippen molar-refractivity contribution >= 4 is 16.7 Å². The lowest BCUT2D eigenvalue weighted by molar-refractivity contribution is 0.103. The molecule has 0 bridgehead atoms. The Hall–Kier alpha value is -4.31. The van der Waals surface area contributed by atoms with Crippen molar-refractivity contribution in [3.05, 3.63) is 105 Å². The second-order valence-electron chi connectivity index (χ2n) is 6.82. The number of carbonyl (C=O) groups excluding carboxylic acids is 1. The van der Waals surface area contributed by atoms with Gasteiger partial charge in [0.05, 0.1) is 30.4 Å². The topological polar surface area (TPSA) is 85.0 Å². The number of ketones is 1. The largest absolute Gasteiger partial charge is 0.494 e. The summed E-state index contributed by atoms with van der Waals surface area (Å²) in [6, 6.07) is 17.8. The molecular weight excluding hydrogens is 397 g/mol. The van der Waals surface area contributed by atoms with Gasteiger partial charge in [-0.25, -0.2) is 9.37 Å². The van der Waals surface area contributed by atoms with E-state index in [4.69, 9.17) is 10.00 Å². The van der Waals surface area contributed by atoms with Gasteiger partial charge in [0, 0.05) is 17.1 Å². The van der Waals surface area contributed by atoms with Gasteiger partial charge in [0.1, 0.15) is 11.8 Å². The summed E-state index contributed by atoms with van der Waals surface area (Å²) in [5.74, 6) is -1.27. The van der Waals surface area contributed by atoms with Crippen LogP contribution in [0.5, 0.6) is 5.75 Å². The zero-order valence-corrected chi connectivity index (χ0v) is 16.5. The Bertz CT molecular complexity index is 1420. The maximum Gasteiger partial charge on any atom is 0.200 e. The van der Waals surface area contributed by atoms with Crippen LogP contribution in [0.25, 0.3) is 10.9 Å². The van der Waals surface area contributed by atoms with Gasteiger partial charge in [0.15, 0.2) is 17.3 Å². The van der Waals surface area contributed by atoms with Crippen molar-refractivity contribution in [1.82, 2.24) is 9.55 Å². The van der Waals surface area contributed by atoms with E-state index in [1.54, 1.807) is 47.0 Å². The Labute approximate surface area is 176 Å². The highest BCUT2D eigenvalue weighted by molar-refractivity contribution is 6.10. The van der Waals surface area contributed by atoms with Crippen LogP contribution in [-0.2, 0) is 6.54 Å². The number of ether oxygens (including phenoxy) is 1. The Kier molecular flexibility index (Phi) is 5.29. The Balaban J connectivity index is 1.85. The first-order chi connectivity index (χ1) is 15.0. The molecule has 4 rings (SSSR count). The molecule has 2 aromatic heterocycles. The van der Waals surface area contributed by atoms with Crippen LogP contribution in [0.2, 0.25) is 0 Å². The fraction of sp³-hybridized carbons (Fsp3) is 0.0833. The molecule has 0 atom stereocenters. The molecule has 0 N–H and O–H groups in total. The van der Waals surface area contributed by atoms with E-state index in [2.05, 4.69) is 4.98 Å². The molecule has 0 fully saturated rings. The molecule has 2 heterocycles. The summed E-state index contributed by atoms with van der Waals surface area (Å²) in [5.41, 5.74) is 1.01. The molecule has 0 radical (unpaired) electrons. The van der Waals surface area contributed by atoms with Crippen molar-refractivity contribution in [3.8, 4) is 11.8 Å². The zero-order chi connectivity index (χ0) is 22.0. The van der Waals surface area contributed by atoms with E-state index in [0.717, 1.165) is 6.07 Å². The van der Waals surface area contributed by atoms with Gasteiger partial charge in [-0.2, -0.15) is 5.26 Å². The number of halogens is 1. The fourth-order valence-corrected chi connectivity index (χ4v) is 3.41. The van der Waals surface area contributed by atoms with Gasteiger partial charge >= 0.3 is 0 Å². The van der Waals surface area contributed by atoms with Crippen molar-refractivity contribution in [3.63, 3.8) is 0 Å². The van der Waals surface area contributed by atoms with E-state index >= 15 is 0 Å². The van der Waals surface area contributed by atoms with Crippen LogP contribution in [0.1, 0.15) is 27.3 Å². The molecule has 31 heavy (non-hydrogen) atoms. The number of rotatable bonds is 5. The number of carbonyl (C=O) groups is 1. The van der Waals surface area contributed by atoms with E-state index < -0.39 is 17.0 Å². The minimum atomic E-state index is -0.688. The second kappa shape index (κ2) is 8.20. The van der Waals surface area contributed by atoms with Crippen LogP contribution in [0, 0.1) is 17.1 Å². The van der Waals surface area contributed by atoms with Crippen LogP contribution in [0.15, 0.2) is 71.7 Å². The molecule has 0 aliphatic rings. The molecule has 0 amide bonds. The number of pyridine rings is 2. The number of nitrogens with zero attached hydrogens (tertiary/aromatic N) is 3. The van der Waals surface area contributed by atoms with E-state index in [1.807, 2.05) is 6.07 Å². The van der Waals surface area contributed by atoms with Gasteiger partial charge in [-0.05, 0) is 42.5 Å². The Morgan fingerprint density at radius 3 is 2.71 bits per heavy atom. The van der Waals surface area contributed by atoms with E-state index in [0.29, 0.717) is 16.6 Å². The van der Waals surface area contributed by atoms with E-state index in [1.165, 1.54) is 25.4 Å². The highest BCUT2D eigenvalue weighted by Crippen LogP contribution is 2.20. The van der Waals surface area contributed by atoms with Crippen molar-refractivity contribution in [2.45, 2.75) is 6.54 Å². The highest BCUT2D eigenvalue weighted by Gasteiger charge is 2.19. The monoisotopic (exact) mass is 413 g/mol. The summed E-state index contributed by atoms with van der Waals surface area (Å²) in [6.07, 6.45) is 1.45. The lowest BCUT2D eigenvalue weighted by atomic mass is 10.0. The molecule has 6 nitrogen and oxygen atoms in total. The quantitative estimate of drug-likeness (QED) is 0.466. The van der Waals surface area contributed by atoms with Crippen molar-refractivity contribution in [2.75, 3.05) is 7.11 Å². The van der Waals surface area contributed by atoms with Crippen molar-refractivity contribution in [2.24, 2.45) is 0 Å². The summed E-state index contributed by atoms with van der Waals surface area (Å²) in [4.78, 5) is 30.4. The number of benzene rings is 2. The first kappa shape index (κ1) is 20.0. The van der Waals surface area contributed by atoms with Gasteiger partial charge in [0.25, 0.3) is 0 Å². The van der Waals surface area contributed by atoms with Crippen LogP contribution < -0.4 is 10.2 Å². The molecule has 0 saturated carbocycles. The molecule has 0 saturated heterocycles. The average Bonchev–Trinajstić information content (AvgIpc) is 2.80. The first-order valence-corrected chi connectivity index (χ1v) is 9.38. The van der Waals surface area contributed by atoms with Crippen molar-refractivity contribution in [1.29, 1.82) is 5.26 Å². The predicted octanol–water partition coefficient (Wildman–Crippen LogP) is 3.70. The van der Waals surface area contributed by atoms with Gasteiger partial charge in [0.2, 0.25) is 5.43 Å². The summed E-state index contributed by atoms with van der Waals surface area (Å²) in [7, 11) is 1.33. The van der Waals surface area contributed by atoms with E-state index in [-0.39, 0.29) is 29.1 Å². The predicted molar refractivity (Wildman–Crippen MR) is 113 cm³/mol. The van der Waals surface area contributed by atoms with Gasteiger partial charge in [-0.3, -0.25) is 9.59 Å². The summed E-state index contributed by atoms with van der Waals surface area (Å²) in [6.45, 7) is 0.244. The maximum absolute atomic E-state index is 14.1. The third-order valence-corrected chi connectivity index (χ3v) is 4.90. The minimum Gasteiger partial charge on any atom is -0.494 e. The lowest BCUT2D eigenvalue weighted by Gasteiger charge is -2.13. The normalized spacial score (nSPS) is 10.6. The first-order valence-electron chi connectivity index (χ1n) is 9.38. The van der Waals surface area contributed by atoms with Gasteiger partial charge in [-0.1, -0.05) is 18.2 Å². The molecule has 7 heteroatoms. The molecule has 0 unspecified atom stereocenters. The van der Waals surface area contributed by atoms with Crippen LogP contribution in [-0.4, -0.2) is 22.4 Å². The summed E-state index contributed by atoms with van der Waals surface area (Å²) >= 11 is 0. The van der Waals surface area contributed by atoms with Crippen LogP contribution in [0.3, 0.4) is 0 Å². The molecule has 4 aromatic rings. The van der Waals surface area contributed by atoms with Gasteiger partial charge in [-0.15, -0.1) is 0 Å². The molecule has 0 spiro atoms. The molecule has 2 aromatic carbocycles. The number of para-hydroxylation sites is 1. The SMILES string of the molecule is COc1ccc(C(=O)c2cn(Cc3cccc(C#N)n3)c3ccccc3c2=O)cc1F. The molecule has 0 aliphatic heterocycles. The number of nitriles is 1. The second-order valence-corrected chi connectivity index (χ2v) is 6.82. The van der Waals surface area contributed by atoms with Gasteiger partial charge < -0.3 is 9.30 Å². The summed E-state index contributed by atoms with van der Waals surface area (Å²) < 4.78 is 20.7. The van der Waals surface area contributed by atoms with E-state index in [9.17, 15) is 14.0 Å². The highest BCUT2D eigenvalue weighted by atomic mass is 19.1. The molecular formula is C24H16FN3O3. The van der Waals surface area contributed by atoms with Crippen LogP contribution in [0.4, 0.5) is 4.39 Å². The smallest absolute Gasteiger partial charge is 0.200 e. The zero-order valence-electron chi connectivity index (χ0n) is 16.5. The third-order valence-electron chi connectivity index (χ3n) is 4.90. The van der Waals surface area contributed by atoms with Crippen molar-refractivity contribution < 1.29 is 13.9 Å². The molecule has 0 aliphatic carbocycles. The summed E-state index contributed by atoms with van der Waals surface area (Å²) in [5, 5.41) is 9.45. The Morgan fingerprint density at radius 2 is 1.97 bits per heavy atom. The Morgan fingerprint density at radius 1 is 1.16 bits per heavy atom. The average molecular weight is 413 g/mol.